The van der Waals surface area contributed by atoms with Crippen LogP contribution in [0, 0.1) is 13.8 Å². The number of anilines is 2. The number of thiophene rings is 1. The van der Waals surface area contributed by atoms with Crippen LogP contribution in [0.15, 0.2) is 18.2 Å². The molecule has 3 aromatic rings. The third-order valence-electron chi connectivity index (χ3n) is 8.06. The van der Waals surface area contributed by atoms with E-state index in [9.17, 15) is 4.79 Å². The molecule has 0 aromatic carbocycles. The van der Waals surface area contributed by atoms with Gasteiger partial charge in [0.2, 0.25) is 0 Å². The van der Waals surface area contributed by atoms with Crippen LogP contribution >= 0.6 is 11.3 Å². The smallest absolute Gasteiger partial charge is 0.263 e. The molecule has 38 heavy (non-hydrogen) atoms. The second-order valence-electron chi connectivity index (χ2n) is 11.1. The van der Waals surface area contributed by atoms with E-state index in [1.807, 2.05) is 19.9 Å². The molecule has 0 spiro atoms. The fraction of sp³-hybridized carbons (Fsp3) is 0.536. The SMILES string of the molecule is COCC1(OC2CN(c3ccc4c(n3)CCC(NC(=O)c3sc5nc(C)cc(C)c5c3N)C4)CC2N)CC1. The minimum absolute atomic E-state index is 0.0192. The Morgan fingerprint density at radius 1 is 1.26 bits per heavy atom. The predicted molar refractivity (Wildman–Crippen MR) is 150 cm³/mol. The fourth-order valence-electron chi connectivity index (χ4n) is 5.92. The van der Waals surface area contributed by atoms with Gasteiger partial charge >= 0.3 is 0 Å². The summed E-state index contributed by atoms with van der Waals surface area (Å²) >= 11 is 1.37. The van der Waals surface area contributed by atoms with Gasteiger partial charge in [-0.05, 0) is 69.2 Å². The number of nitrogens with two attached hydrogens (primary N) is 2. The molecule has 1 amide bonds. The summed E-state index contributed by atoms with van der Waals surface area (Å²) in [4.78, 5) is 26.3. The second-order valence-corrected chi connectivity index (χ2v) is 12.1. The van der Waals surface area contributed by atoms with E-state index >= 15 is 0 Å². The number of aryl methyl sites for hydroxylation is 3. The summed E-state index contributed by atoms with van der Waals surface area (Å²) < 4.78 is 11.7. The number of nitrogens with zero attached hydrogens (tertiary/aromatic N) is 3. The number of nitrogen functional groups attached to an aromatic ring is 1. The first kappa shape index (κ1) is 25.5. The Morgan fingerprint density at radius 3 is 2.84 bits per heavy atom. The van der Waals surface area contributed by atoms with Crippen molar-refractivity contribution in [3.05, 3.63) is 45.6 Å². The van der Waals surface area contributed by atoms with E-state index in [2.05, 4.69) is 27.3 Å². The normalized spacial score (nSPS) is 24.0. The average Bonchev–Trinajstić information content (AvgIpc) is 3.41. The molecule has 10 heteroatoms. The van der Waals surface area contributed by atoms with Gasteiger partial charge in [0, 0.05) is 43.0 Å². The number of ether oxygens (including phenoxy) is 2. The number of aromatic nitrogens is 2. The Kier molecular flexibility index (Phi) is 6.54. The van der Waals surface area contributed by atoms with Gasteiger partial charge in [-0.3, -0.25) is 4.79 Å². The van der Waals surface area contributed by atoms with Gasteiger partial charge in [0.05, 0.1) is 30.0 Å². The molecule has 2 fully saturated rings. The summed E-state index contributed by atoms with van der Waals surface area (Å²) in [6.45, 7) is 6.05. The standard InChI is InChI=1S/C28H36N6O3S/c1-15-10-16(2)31-27-23(15)24(30)25(38-27)26(35)32-18-5-6-20-17(11-18)4-7-22(33-20)34-12-19(29)21(13-34)37-28(8-9-28)14-36-3/h4,7,10,18-19,21H,5-6,8-9,11-14,29-30H2,1-3H3,(H,32,35). The van der Waals surface area contributed by atoms with E-state index < -0.39 is 0 Å². The molecule has 202 valence electrons. The van der Waals surface area contributed by atoms with E-state index in [1.54, 1.807) is 7.11 Å². The lowest BCUT2D eigenvalue weighted by molar-refractivity contribution is -0.0623. The maximum atomic E-state index is 13.2. The number of hydrogen-bond acceptors (Lipinski definition) is 9. The highest BCUT2D eigenvalue weighted by Gasteiger charge is 2.48. The molecule has 3 unspecified atom stereocenters. The summed E-state index contributed by atoms with van der Waals surface area (Å²) in [5.74, 6) is 0.820. The minimum Gasteiger partial charge on any atom is -0.397 e. The van der Waals surface area contributed by atoms with E-state index in [0.717, 1.165) is 78.2 Å². The van der Waals surface area contributed by atoms with Crippen LogP contribution in [0.5, 0.6) is 0 Å². The third kappa shape index (κ3) is 4.75. The van der Waals surface area contributed by atoms with Gasteiger partial charge in [0.25, 0.3) is 5.91 Å². The van der Waals surface area contributed by atoms with Crippen LogP contribution in [0.2, 0.25) is 0 Å². The molecule has 0 radical (unpaired) electrons. The number of fused-ring (bicyclic) bond motifs is 2. The summed E-state index contributed by atoms with van der Waals surface area (Å²) in [6.07, 6.45) is 4.44. The predicted octanol–water partition coefficient (Wildman–Crippen LogP) is 2.89. The maximum absolute atomic E-state index is 13.2. The van der Waals surface area contributed by atoms with Crippen LogP contribution in [0.4, 0.5) is 11.5 Å². The highest BCUT2D eigenvalue weighted by atomic mass is 32.1. The zero-order valence-corrected chi connectivity index (χ0v) is 23.1. The van der Waals surface area contributed by atoms with Gasteiger partial charge in [-0.2, -0.15) is 0 Å². The van der Waals surface area contributed by atoms with Crippen molar-refractivity contribution in [2.24, 2.45) is 5.73 Å². The fourth-order valence-corrected chi connectivity index (χ4v) is 7.04. The number of methoxy groups -OCH3 is 1. The highest BCUT2D eigenvalue weighted by molar-refractivity contribution is 7.21. The van der Waals surface area contributed by atoms with Crippen LogP contribution in [-0.4, -0.2) is 66.5 Å². The Balaban J connectivity index is 1.11. The Labute approximate surface area is 226 Å². The van der Waals surface area contributed by atoms with Gasteiger partial charge in [-0.25, -0.2) is 9.97 Å². The maximum Gasteiger partial charge on any atom is 0.263 e. The number of pyridine rings is 2. The largest absolute Gasteiger partial charge is 0.397 e. The van der Waals surface area contributed by atoms with Crippen LogP contribution in [0.3, 0.4) is 0 Å². The first-order valence-electron chi connectivity index (χ1n) is 13.4. The van der Waals surface area contributed by atoms with Gasteiger partial charge < -0.3 is 31.2 Å². The van der Waals surface area contributed by atoms with Crippen LogP contribution in [0.25, 0.3) is 10.2 Å². The third-order valence-corrected chi connectivity index (χ3v) is 9.16. The first-order chi connectivity index (χ1) is 18.2. The number of rotatable bonds is 7. The van der Waals surface area contributed by atoms with E-state index in [-0.39, 0.29) is 29.7 Å². The van der Waals surface area contributed by atoms with Gasteiger partial charge in [0.1, 0.15) is 15.5 Å². The number of carbonyl (C=O) groups excluding carboxylic acids is 1. The highest BCUT2D eigenvalue weighted by Crippen LogP contribution is 2.42. The van der Waals surface area contributed by atoms with Crippen LogP contribution < -0.4 is 21.7 Å². The Hall–Kier alpha value is -2.79. The zero-order chi connectivity index (χ0) is 26.6. The van der Waals surface area contributed by atoms with E-state index in [0.29, 0.717) is 17.2 Å². The number of amides is 1. The van der Waals surface area contributed by atoms with Crippen molar-refractivity contribution in [1.82, 2.24) is 15.3 Å². The number of hydrogen-bond donors (Lipinski definition) is 3. The molecule has 9 nitrogen and oxygen atoms in total. The molecular weight excluding hydrogens is 500 g/mol. The summed E-state index contributed by atoms with van der Waals surface area (Å²) in [5.41, 5.74) is 17.5. The molecule has 1 saturated carbocycles. The lowest BCUT2D eigenvalue weighted by Gasteiger charge is -2.27. The van der Waals surface area contributed by atoms with Crippen molar-refractivity contribution < 1.29 is 14.3 Å². The topological polar surface area (TPSA) is 129 Å². The average molecular weight is 537 g/mol. The summed E-state index contributed by atoms with van der Waals surface area (Å²) in [7, 11) is 1.72. The van der Waals surface area contributed by atoms with Crippen molar-refractivity contribution in [1.29, 1.82) is 0 Å². The molecule has 1 aliphatic heterocycles. The zero-order valence-electron chi connectivity index (χ0n) is 22.3. The molecule has 4 heterocycles. The monoisotopic (exact) mass is 536 g/mol. The van der Waals surface area contributed by atoms with Crippen molar-refractivity contribution in [2.75, 3.05) is 37.4 Å². The van der Waals surface area contributed by atoms with Gasteiger partial charge in [0.15, 0.2) is 0 Å². The van der Waals surface area contributed by atoms with E-state index in [1.165, 1.54) is 16.9 Å². The molecule has 3 aliphatic rings. The molecule has 3 atom stereocenters. The van der Waals surface area contributed by atoms with Crippen LogP contribution in [-0.2, 0) is 22.3 Å². The Morgan fingerprint density at radius 2 is 2.08 bits per heavy atom. The quantitative estimate of drug-likeness (QED) is 0.421. The lowest BCUT2D eigenvalue weighted by Crippen LogP contribution is -2.39. The second kappa shape index (κ2) is 9.75. The summed E-state index contributed by atoms with van der Waals surface area (Å²) in [5, 5.41) is 4.10. The lowest BCUT2D eigenvalue weighted by atomic mass is 9.91. The molecule has 3 aromatic heterocycles. The number of nitrogens with one attached hydrogen (secondary N) is 1. The van der Waals surface area contributed by atoms with Crippen molar-refractivity contribution in [3.63, 3.8) is 0 Å². The number of carbonyl (C=O) groups is 1. The molecule has 1 saturated heterocycles. The first-order valence-corrected chi connectivity index (χ1v) is 14.2. The Bertz CT molecular complexity index is 1390. The van der Waals surface area contributed by atoms with Crippen molar-refractivity contribution in [3.8, 4) is 0 Å². The van der Waals surface area contributed by atoms with Gasteiger partial charge in [-0.1, -0.05) is 6.07 Å². The van der Waals surface area contributed by atoms with Crippen molar-refractivity contribution in [2.45, 2.75) is 69.7 Å². The molecule has 0 bridgehead atoms. The molecule has 6 rings (SSSR count). The van der Waals surface area contributed by atoms with Gasteiger partial charge in [-0.15, -0.1) is 11.3 Å². The minimum atomic E-state index is -0.148. The molecule has 2 aliphatic carbocycles. The summed E-state index contributed by atoms with van der Waals surface area (Å²) in [6, 6.07) is 6.20. The van der Waals surface area contributed by atoms with E-state index in [4.69, 9.17) is 25.9 Å². The molecular formula is C28H36N6O3S. The van der Waals surface area contributed by atoms with Crippen molar-refractivity contribution >= 4 is 39.0 Å². The van der Waals surface area contributed by atoms with Crippen LogP contribution in [0.1, 0.15) is 51.4 Å². The molecule has 5 N–H and O–H groups in total.